The molecule has 0 spiro atoms. The molecule has 6 heteroatoms. The minimum Gasteiger partial charge on any atom is -0.278 e. The normalized spacial score (nSPS) is 14.7. The topological polar surface area (TPSA) is 60.4 Å². The molecule has 0 aromatic heterocycles. The van der Waals surface area contributed by atoms with Crippen LogP contribution in [0.1, 0.15) is 6.92 Å². The summed E-state index contributed by atoms with van der Waals surface area (Å²) in [6.45, 7) is 1.26. The van der Waals surface area contributed by atoms with Crippen LogP contribution >= 0.6 is 11.6 Å². The fraction of sp³-hybridized carbons (Fsp3) is 0.750. The maximum atomic E-state index is 10.3. The molecule has 0 saturated heterocycles. The Morgan fingerprint density at radius 2 is 2.00 bits per heavy atom. The number of hydrogen-bond donors (Lipinski definition) is 0. The number of rotatable bonds is 3. The molecule has 0 aliphatic heterocycles. The number of halogens is 1. The Hall–Kier alpha value is -0.130. The molecule has 0 N–H and O–H groups in total. The van der Waals surface area contributed by atoms with Crippen molar-refractivity contribution in [1.82, 2.24) is 0 Å². The SMILES string of the molecule is C[C@H](OS(C)(=O)=O)C(=O)Cl. The molecule has 60 valence electrons. The molecule has 1 atom stereocenters. The fourth-order valence-corrected chi connectivity index (χ4v) is 1.01. The van der Waals surface area contributed by atoms with Gasteiger partial charge in [0.05, 0.1) is 6.26 Å². The third-order valence-electron chi connectivity index (χ3n) is 0.639. The van der Waals surface area contributed by atoms with E-state index in [9.17, 15) is 13.2 Å². The van der Waals surface area contributed by atoms with Crippen LogP contribution in [0.5, 0.6) is 0 Å². The molecule has 0 unspecified atom stereocenters. The lowest BCUT2D eigenvalue weighted by Crippen LogP contribution is -2.19. The van der Waals surface area contributed by atoms with Gasteiger partial charge in [-0.1, -0.05) is 0 Å². The summed E-state index contributed by atoms with van der Waals surface area (Å²) in [5.41, 5.74) is 0. The lowest BCUT2D eigenvalue weighted by molar-refractivity contribution is -0.117. The summed E-state index contributed by atoms with van der Waals surface area (Å²) in [5, 5.41) is -0.828. The molecule has 0 saturated carbocycles. The van der Waals surface area contributed by atoms with Crippen LogP contribution in [0.2, 0.25) is 0 Å². The second-order valence-corrected chi connectivity index (χ2v) is 3.72. The van der Waals surface area contributed by atoms with Crippen molar-refractivity contribution >= 4 is 27.0 Å². The molecule has 10 heavy (non-hydrogen) atoms. The fourth-order valence-electron chi connectivity index (χ4n) is 0.300. The van der Waals surface area contributed by atoms with Crippen molar-refractivity contribution in [1.29, 1.82) is 0 Å². The highest BCUT2D eigenvalue weighted by Gasteiger charge is 2.15. The Morgan fingerprint density at radius 3 is 2.10 bits per heavy atom. The lowest BCUT2D eigenvalue weighted by atomic mass is 10.5. The zero-order chi connectivity index (χ0) is 8.36. The molecule has 0 fully saturated rings. The smallest absolute Gasteiger partial charge is 0.265 e. The maximum Gasteiger partial charge on any atom is 0.265 e. The summed E-state index contributed by atoms with van der Waals surface area (Å²) in [6.07, 6.45) is -0.250. The summed E-state index contributed by atoms with van der Waals surface area (Å²) in [6, 6.07) is 0. The maximum absolute atomic E-state index is 10.3. The van der Waals surface area contributed by atoms with E-state index in [1.54, 1.807) is 0 Å². The molecule has 0 rings (SSSR count). The van der Waals surface area contributed by atoms with Gasteiger partial charge in [-0.25, -0.2) is 0 Å². The Balaban J connectivity index is 4.06. The summed E-state index contributed by atoms with van der Waals surface area (Å²) < 4.78 is 24.8. The standard InChI is InChI=1S/C4H7ClO4S/c1-3(4(5)6)9-10(2,7)8/h3H,1-2H3/t3-/m0/s1. The van der Waals surface area contributed by atoms with Crippen LogP contribution in [0.15, 0.2) is 0 Å². The van der Waals surface area contributed by atoms with E-state index in [1.165, 1.54) is 6.92 Å². The van der Waals surface area contributed by atoms with Gasteiger partial charge in [-0.05, 0) is 18.5 Å². The van der Waals surface area contributed by atoms with Crippen LogP contribution in [-0.2, 0) is 19.1 Å². The first-order chi connectivity index (χ1) is 4.33. The van der Waals surface area contributed by atoms with Crippen LogP contribution in [0, 0.1) is 0 Å². The highest BCUT2D eigenvalue weighted by atomic mass is 35.5. The Morgan fingerprint density at radius 1 is 1.60 bits per heavy atom. The minimum absolute atomic E-state index is 0.828. The van der Waals surface area contributed by atoms with Crippen molar-refractivity contribution in [2.45, 2.75) is 13.0 Å². The Labute approximate surface area is 64.2 Å². The average Bonchev–Trinajstić information content (AvgIpc) is 1.60. The molecule has 0 heterocycles. The van der Waals surface area contributed by atoms with E-state index in [2.05, 4.69) is 4.18 Å². The highest BCUT2D eigenvalue weighted by molar-refractivity contribution is 7.86. The molecule has 4 nitrogen and oxygen atoms in total. The van der Waals surface area contributed by atoms with E-state index < -0.39 is 21.5 Å². The largest absolute Gasteiger partial charge is 0.278 e. The van der Waals surface area contributed by atoms with Gasteiger partial charge in [0.1, 0.15) is 6.10 Å². The molecule has 0 amide bonds. The van der Waals surface area contributed by atoms with E-state index in [1.807, 2.05) is 0 Å². The number of carbonyl (C=O) groups excluding carboxylic acids is 1. The second kappa shape index (κ2) is 3.32. The van der Waals surface area contributed by atoms with Gasteiger partial charge >= 0.3 is 0 Å². The van der Waals surface area contributed by atoms with Crippen LogP contribution in [0.25, 0.3) is 0 Å². The summed E-state index contributed by atoms with van der Waals surface area (Å²) in [4.78, 5) is 10.2. The van der Waals surface area contributed by atoms with Crippen LogP contribution < -0.4 is 0 Å². The van der Waals surface area contributed by atoms with Crippen molar-refractivity contribution in [3.05, 3.63) is 0 Å². The zero-order valence-electron chi connectivity index (χ0n) is 5.50. The quantitative estimate of drug-likeness (QED) is 0.464. The first kappa shape index (κ1) is 9.87. The van der Waals surface area contributed by atoms with Gasteiger partial charge in [0.25, 0.3) is 15.4 Å². The van der Waals surface area contributed by atoms with Gasteiger partial charge in [-0.15, -0.1) is 0 Å². The lowest BCUT2D eigenvalue weighted by Gasteiger charge is -2.03. The minimum atomic E-state index is -3.57. The van der Waals surface area contributed by atoms with Gasteiger partial charge in [-0.2, -0.15) is 8.42 Å². The average molecular weight is 187 g/mol. The zero-order valence-corrected chi connectivity index (χ0v) is 7.07. The van der Waals surface area contributed by atoms with Crippen molar-refractivity contribution in [3.63, 3.8) is 0 Å². The third kappa shape index (κ3) is 4.72. The van der Waals surface area contributed by atoms with E-state index in [0.29, 0.717) is 0 Å². The first-order valence-electron chi connectivity index (χ1n) is 2.40. The highest BCUT2D eigenvalue weighted by Crippen LogP contribution is 2.00. The summed E-state index contributed by atoms with van der Waals surface area (Å²) >= 11 is 4.91. The van der Waals surface area contributed by atoms with E-state index in [4.69, 9.17) is 11.6 Å². The van der Waals surface area contributed by atoms with Gasteiger partial charge in [0.2, 0.25) is 0 Å². The molecule has 0 radical (unpaired) electrons. The summed E-state index contributed by atoms with van der Waals surface area (Å²) in [7, 11) is -3.57. The van der Waals surface area contributed by atoms with Gasteiger partial charge in [0.15, 0.2) is 0 Å². The number of carbonyl (C=O) groups is 1. The molecular formula is C4H7ClO4S. The predicted octanol–water partition coefficient (Wildman–Crippen LogP) is 0.117. The Kier molecular flexibility index (Phi) is 3.27. The molecular weight excluding hydrogens is 180 g/mol. The van der Waals surface area contributed by atoms with Gasteiger partial charge in [0, 0.05) is 0 Å². The second-order valence-electron chi connectivity index (χ2n) is 1.75. The van der Waals surface area contributed by atoms with Crippen LogP contribution in [-0.4, -0.2) is 26.0 Å². The monoisotopic (exact) mass is 186 g/mol. The van der Waals surface area contributed by atoms with Gasteiger partial charge in [-0.3, -0.25) is 8.98 Å². The molecule has 0 aliphatic rings. The molecule has 0 aromatic carbocycles. The number of hydrogen-bond acceptors (Lipinski definition) is 4. The predicted molar refractivity (Wildman–Crippen MR) is 36.3 cm³/mol. The van der Waals surface area contributed by atoms with Gasteiger partial charge < -0.3 is 0 Å². The van der Waals surface area contributed by atoms with Crippen molar-refractivity contribution in [2.24, 2.45) is 0 Å². The first-order valence-corrected chi connectivity index (χ1v) is 4.60. The van der Waals surface area contributed by atoms with E-state index in [-0.39, 0.29) is 0 Å². The summed E-state index contributed by atoms with van der Waals surface area (Å²) in [5.74, 6) is 0. The molecule has 0 aliphatic carbocycles. The van der Waals surface area contributed by atoms with E-state index >= 15 is 0 Å². The van der Waals surface area contributed by atoms with E-state index in [0.717, 1.165) is 6.26 Å². The molecule has 0 aromatic rings. The molecule has 0 bridgehead atoms. The van der Waals surface area contributed by atoms with Crippen LogP contribution in [0.4, 0.5) is 0 Å². The third-order valence-corrected chi connectivity index (χ3v) is 1.58. The van der Waals surface area contributed by atoms with Crippen molar-refractivity contribution in [2.75, 3.05) is 6.26 Å². The Bertz CT molecular complexity index is 219. The van der Waals surface area contributed by atoms with Crippen molar-refractivity contribution in [3.8, 4) is 0 Å². The van der Waals surface area contributed by atoms with Crippen LogP contribution in [0.3, 0.4) is 0 Å². The van der Waals surface area contributed by atoms with Crippen molar-refractivity contribution < 1.29 is 17.4 Å².